The Kier molecular flexibility index (Phi) is 6.11. The van der Waals surface area contributed by atoms with Crippen LogP contribution in [0.2, 0.25) is 0 Å². The maximum atomic E-state index is 5.91. The molecule has 1 aliphatic carbocycles. The lowest BCUT2D eigenvalue weighted by Gasteiger charge is -2.33. The highest BCUT2D eigenvalue weighted by Gasteiger charge is 2.22. The van der Waals surface area contributed by atoms with Gasteiger partial charge in [0.2, 0.25) is 0 Å². The minimum absolute atomic E-state index is 0.727. The molecule has 1 fully saturated rings. The van der Waals surface area contributed by atoms with Crippen LogP contribution in [0.4, 0.5) is 0 Å². The van der Waals surface area contributed by atoms with Gasteiger partial charge < -0.3 is 9.73 Å². The van der Waals surface area contributed by atoms with Crippen LogP contribution in [0.15, 0.2) is 16.5 Å². The predicted molar refractivity (Wildman–Crippen MR) is 83.6 cm³/mol. The highest BCUT2D eigenvalue weighted by Crippen LogP contribution is 2.27. The second-order valence-electron chi connectivity index (χ2n) is 6.39. The van der Waals surface area contributed by atoms with Crippen molar-refractivity contribution in [2.75, 3.05) is 13.6 Å². The fraction of sp³-hybridized carbons (Fsp3) is 0.765. The van der Waals surface area contributed by atoms with Gasteiger partial charge in [-0.1, -0.05) is 26.7 Å². The van der Waals surface area contributed by atoms with Crippen molar-refractivity contribution in [2.24, 2.45) is 5.92 Å². The normalized spacial score (nSPS) is 23.4. The molecule has 1 aliphatic rings. The van der Waals surface area contributed by atoms with E-state index in [9.17, 15) is 0 Å². The zero-order valence-electron chi connectivity index (χ0n) is 13.3. The third-order valence-electron chi connectivity index (χ3n) is 4.38. The molecule has 3 nitrogen and oxygen atoms in total. The number of furan rings is 1. The largest absolute Gasteiger partial charge is 0.463 e. The zero-order chi connectivity index (χ0) is 14.4. The molecule has 2 unspecified atom stereocenters. The van der Waals surface area contributed by atoms with Gasteiger partial charge in [0.1, 0.15) is 11.5 Å². The van der Waals surface area contributed by atoms with Gasteiger partial charge in [-0.05, 0) is 50.9 Å². The van der Waals surface area contributed by atoms with Gasteiger partial charge in [0.15, 0.2) is 0 Å². The first-order valence-corrected chi connectivity index (χ1v) is 8.17. The molecule has 0 amide bonds. The SMILES string of the molecule is CCCNCc1ccc(CN(C)C2CCCC(C)C2)o1. The summed E-state index contributed by atoms with van der Waals surface area (Å²) in [6.07, 6.45) is 6.61. The fourth-order valence-corrected chi connectivity index (χ4v) is 3.17. The smallest absolute Gasteiger partial charge is 0.118 e. The standard InChI is InChI=1S/C17H30N2O/c1-4-10-18-12-16-8-9-17(20-16)13-19(3)15-7-5-6-14(2)11-15/h8-9,14-15,18H,4-7,10-13H2,1-3H3. The summed E-state index contributed by atoms with van der Waals surface area (Å²) in [6.45, 7) is 7.39. The monoisotopic (exact) mass is 278 g/mol. The van der Waals surface area contributed by atoms with E-state index in [0.29, 0.717) is 0 Å². The Bertz CT molecular complexity index is 388. The molecule has 1 saturated carbocycles. The molecule has 0 aromatic carbocycles. The summed E-state index contributed by atoms with van der Waals surface area (Å²) in [6, 6.07) is 4.96. The van der Waals surface area contributed by atoms with Crippen molar-refractivity contribution < 1.29 is 4.42 Å². The molecule has 2 atom stereocenters. The first-order valence-electron chi connectivity index (χ1n) is 8.17. The average molecular weight is 278 g/mol. The molecule has 1 N–H and O–H groups in total. The number of rotatable bonds is 7. The Morgan fingerprint density at radius 1 is 1.30 bits per heavy atom. The van der Waals surface area contributed by atoms with Crippen LogP contribution in [0.25, 0.3) is 0 Å². The van der Waals surface area contributed by atoms with E-state index in [4.69, 9.17) is 4.42 Å². The predicted octanol–water partition coefficient (Wildman–Crippen LogP) is 3.79. The summed E-state index contributed by atoms with van der Waals surface area (Å²) in [5, 5.41) is 3.38. The lowest BCUT2D eigenvalue weighted by atomic mass is 9.86. The Morgan fingerprint density at radius 2 is 2.10 bits per heavy atom. The zero-order valence-corrected chi connectivity index (χ0v) is 13.3. The van der Waals surface area contributed by atoms with Crippen LogP contribution in [0.3, 0.4) is 0 Å². The highest BCUT2D eigenvalue weighted by molar-refractivity contribution is 5.07. The molecule has 20 heavy (non-hydrogen) atoms. The molecular weight excluding hydrogens is 248 g/mol. The van der Waals surface area contributed by atoms with Crippen LogP contribution in [-0.2, 0) is 13.1 Å². The molecular formula is C17H30N2O. The third-order valence-corrected chi connectivity index (χ3v) is 4.38. The summed E-state index contributed by atoms with van der Waals surface area (Å²) in [4.78, 5) is 2.47. The number of hydrogen-bond acceptors (Lipinski definition) is 3. The topological polar surface area (TPSA) is 28.4 Å². The van der Waals surface area contributed by atoms with E-state index in [1.54, 1.807) is 0 Å². The van der Waals surface area contributed by atoms with Gasteiger partial charge >= 0.3 is 0 Å². The Hall–Kier alpha value is -0.800. The lowest BCUT2D eigenvalue weighted by Crippen LogP contribution is -2.34. The van der Waals surface area contributed by atoms with Crippen LogP contribution < -0.4 is 5.32 Å². The van der Waals surface area contributed by atoms with E-state index in [0.717, 1.165) is 49.5 Å². The van der Waals surface area contributed by atoms with Gasteiger partial charge in [-0.15, -0.1) is 0 Å². The summed E-state index contributed by atoms with van der Waals surface area (Å²) in [5.41, 5.74) is 0. The van der Waals surface area contributed by atoms with Crippen molar-refractivity contribution in [3.05, 3.63) is 23.7 Å². The third kappa shape index (κ3) is 4.64. The molecule has 114 valence electrons. The van der Waals surface area contributed by atoms with Crippen molar-refractivity contribution in [1.29, 1.82) is 0 Å². The Balaban J connectivity index is 1.80. The molecule has 0 aliphatic heterocycles. The van der Waals surface area contributed by atoms with Crippen LogP contribution in [0.5, 0.6) is 0 Å². The molecule has 2 rings (SSSR count). The average Bonchev–Trinajstić information content (AvgIpc) is 2.86. The van der Waals surface area contributed by atoms with Crippen molar-refractivity contribution in [3.63, 3.8) is 0 Å². The summed E-state index contributed by atoms with van der Waals surface area (Å²) >= 11 is 0. The summed E-state index contributed by atoms with van der Waals surface area (Å²) in [5.74, 6) is 3.03. The van der Waals surface area contributed by atoms with E-state index in [-0.39, 0.29) is 0 Å². The van der Waals surface area contributed by atoms with E-state index in [1.165, 1.54) is 25.7 Å². The number of nitrogens with one attached hydrogen (secondary N) is 1. The minimum Gasteiger partial charge on any atom is -0.463 e. The minimum atomic E-state index is 0.727. The first kappa shape index (κ1) is 15.6. The highest BCUT2D eigenvalue weighted by atomic mass is 16.3. The maximum Gasteiger partial charge on any atom is 0.118 e. The first-order chi connectivity index (χ1) is 9.69. The molecule has 0 radical (unpaired) electrons. The van der Waals surface area contributed by atoms with E-state index < -0.39 is 0 Å². The molecule has 0 bridgehead atoms. The quantitative estimate of drug-likeness (QED) is 0.769. The van der Waals surface area contributed by atoms with Gasteiger partial charge in [0.05, 0.1) is 13.1 Å². The molecule has 0 saturated heterocycles. The number of hydrogen-bond donors (Lipinski definition) is 1. The number of nitrogens with zero attached hydrogens (tertiary/aromatic N) is 1. The van der Waals surface area contributed by atoms with Crippen LogP contribution >= 0.6 is 0 Å². The van der Waals surface area contributed by atoms with Crippen LogP contribution in [-0.4, -0.2) is 24.5 Å². The molecule has 1 aromatic rings. The van der Waals surface area contributed by atoms with Gasteiger partial charge in [0, 0.05) is 6.04 Å². The van der Waals surface area contributed by atoms with Crippen molar-refractivity contribution >= 4 is 0 Å². The van der Waals surface area contributed by atoms with Gasteiger partial charge in [-0.2, -0.15) is 0 Å². The summed E-state index contributed by atoms with van der Waals surface area (Å²) < 4.78 is 5.91. The van der Waals surface area contributed by atoms with Crippen LogP contribution in [0.1, 0.15) is 57.5 Å². The second-order valence-corrected chi connectivity index (χ2v) is 6.39. The van der Waals surface area contributed by atoms with Gasteiger partial charge in [-0.25, -0.2) is 0 Å². The van der Waals surface area contributed by atoms with Crippen LogP contribution in [0, 0.1) is 5.92 Å². The van der Waals surface area contributed by atoms with E-state index in [2.05, 4.69) is 43.2 Å². The van der Waals surface area contributed by atoms with E-state index in [1.807, 2.05) is 0 Å². The Morgan fingerprint density at radius 3 is 2.85 bits per heavy atom. The Labute approximate surface area is 123 Å². The van der Waals surface area contributed by atoms with Gasteiger partial charge in [0.25, 0.3) is 0 Å². The summed E-state index contributed by atoms with van der Waals surface area (Å²) in [7, 11) is 2.24. The molecule has 1 heterocycles. The van der Waals surface area contributed by atoms with E-state index >= 15 is 0 Å². The lowest BCUT2D eigenvalue weighted by molar-refractivity contribution is 0.148. The molecule has 1 aromatic heterocycles. The van der Waals surface area contributed by atoms with Crippen molar-refractivity contribution in [2.45, 2.75) is 65.1 Å². The maximum absolute atomic E-state index is 5.91. The second kappa shape index (κ2) is 7.84. The van der Waals surface area contributed by atoms with Gasteiger partial charge in [-0.3, -0.25) is 4.90 Å². The molecule has 3 heteroatoms. The van der Waals surface area contributed by atoms with Crippen molar-refractivity contribution in [1.82, 2.24) is 10.2 Å². The fourth-order valence-electron chi connectivity index (χ4n) is 3.17. The molecule has 0 spiro atoms. The van der Waals surface area contributed by atoms with Crippen molar-refractivity contribution in [3.8, 4) is 0 Å².